The Morgan fingerprint density at radius 3 is 2.57 bits per heavy atom. The van der Waals surface area contributed by atoms with Gasteiger partial charge >= 0.3 is 0 Å². The van der Waals surface area contributed by atoms with Crippen LogP contribution in [0.5, 0.6) is 0 Å². The topological polar surface area (TPSA) is 49.4 Å². The Hall–Kier alpha value is -1.55. The molecule has 2 bridgehead atoms. The van der Waals surface area contributed by atoms with Crippen molar-refractivity contribution in [1.82, 2.24) is 4.90 Å². The minimum atomic E-state index is -0.184. The van der Waals surface area contributed by atoms with E-state index in [9.17, 15) is 9.59 Å². The lowest BCUT2D eigenvalue weighted by Gasteiger charge is -2.24. The molecule has 0 aromatic heterocycles. The summed E-state index contributed by atoms with van der Waals surface area (Å²) in [4.78, 5) is 25.9. The molecule has 0 unspecified atom stereocenters. The van der Waals surface area contributed by atoms with Crippen molar-refractivity contribution in [3.63, 3.8) is 0 Å². The van der Waals surface area contributed by atoms with Gasteiger partial charge in [-0.2, -0.15) is 0 Å². The van der Waals surface area contributed by atoms with Crippen LogP contribution in [0, 0.1) is 17.8 Å². The van der Waals surface area contributed by atoms with Gasteiger partial charge in [0.1, 0.15) is 0 Å². The predicted octanol–water partition coefficient (Wildman–Crippen LogP) is 3.56. The average Bonchev–Trinajstić information content (AvgIpc) is 3.12. The van der Waals surface area contributed by atoms with Gasteiger partial charge in [0.25, 0.3) is 0 Å². The second kappa shape index (κ2) is 6.91. The highest BCUT2D eigenvalue weighted by molar-refractivity contribution is 6.30. The average molecular weight is 335 g/mol. The molecule has 2 amide bonds. The first-order valence-electron chi connectivity index (χ1n) is 8.30. The highest BCUT2D eigenvalue weighted by Gasteiger charge is 2.40. The lowest BCUT2D eigenvalue weighted by molar-refractivity contribution is -0.134. The molecule has 3 atom stereocenters. The number of amides is 2. The van der Waals surface area contributed by atoms with E-state index in [0.717, 1.165) is 11.8 Å². The van der Waals surface area contributed by atoms with Crippen molar-refractivity contribution in [3.05, 3.63) is 29.3 Å². The van der Waals surface area contributed by atoms with E-state index in [1.54, 1.807) is 31.3 Å². The number of hydrogen-bond acceptors (Lipinski definition) is 2. The molecule has 2 aliphatic carbocycles. The second-order valence-corrected chi connectivity index (χ2v) is 7.38. The fourth-order valence-corrected chi connectivity index (χ4v) is 4.17. The lowest BCUT2D eigenvalue weighted by atomic mass is 9.86. The van der Waals surface area contributed by atoms with Crippen LogP contribution in [0.2, 0.25) is 5.02 Å². The highest BCUT2D eigenvalue weighted by Crippen LogP contribution is 2.49. The standard InChI is InChI=1S/C18H23ClN2O2/c1-21(11-17(22)20-16-6-4-15(19)5-7-16)18(23)10-14-9-12-2-3-13(14)8-12/h4-7,12-14H,2-3,8-11H2,1H3,(H,20,22)/t12-,13+,14-/m0/s1. The molecule has 0 heterocycles. The molecule has 0 spiro atoms. The largest absolute Gasteiger partial charge is 0.336 e. The van der Waals surface area contributed by atoms with Crippen LogP contribution in [0.25, 0.3) is 0 Å². The van der Waals surface area contributed by atoms with E-state index in [0.29, 0.717) is 23.0 Å². The third kappa shape index (κ3) is 4.05. The zero-order chi connectivity index (χ0) is 16.4. The zero-order valence-corrected chi connectivity index (χ0v) is 14.2. The van der Waals surface area contributed by atoms with Crippen molar-refractivity contribution in [1.29, 1.82) is 0 Å². The summed E-state index contributed by atoms with van der Waals surface area (Å²) < 4.78 is 0. The number of benzene rings is 1. The predicted molar refractivity (Wildman–Crippen MR) is 91.3 cm³/mol. The van der Waals surface area contributed by atoms with Crippen LogP contribution >= 0.6 is 11.6 Å². The zero-order valence-electron chi connectivity index (χ0n) is 13.4. The van der Waals surface area contributed by atoms with E-state index < -0.39 is 0 Å². The summed E-state index contributed by atoms with van der Waals surface area (Å²) in [5, 5.41) is 3.41. The Labute approximate surface area is 142 Å². The fraction of sp³-hybridized carbons (Fsp3) is 0.556. The molecule has 23 heavy (non-hydrogen) atoms. The molecular formula is C18H23ClN2O2. The van der Waals surface area contributed by atoms with E-state index in [2.05, 4.69) is 5.32 Å². The number of likely N-dealkylation sites (N-methyl/N-ethyl adjacent to an activating group) is 1. The van der Waals surface area contributed by atoms with Crippen molar-refractivity contribution in [2.45, 2.75) is 32.1 Å². The third-order valence-corrected chi connectivity index (χ3v) is 5.51. The van der Waals surface area contributed by atoms with Gasteiger partial charge in [-0.25, -0.2) is 0 Å². The molecule has 0 radical (unpaired) electrons. The van der Waals surface area contributed by atoms with Crippen LogP contribution < -0.4 is 5.32 Å². The molecule has 0 saturated heterocycles. The molecule has 4 nitrogen and oxygen atoms in total. The molecule has 1 aromatic rings. The molecule has 3 rings (SSSR count). The van der Waals surface area contributed by atoms with E-state index in [1.807, 2.05) is 0 Å². The van der Waals surface area contributed by atoms with Crippen molar-refractivity contribution in [2.75, 3.05) is 18.9 Å². The van der Waals surface area contributed by atoms with Crippen molar-refractivity contribution >= 4 is 29.1 Å². The Morgan fingerprint density at radius 1 is 1.22 bits per heavy atom. The first-order chi connectivity index (χ1) is 11.0. The summed E-state index contributed by atoms with van der Waals surface area (Å²) in [7, 11) is 1.71. The number of carbonyl (C=O) groups is 2. The molecule has 1 N–H and O–H groups in total. The summed E-state index contributed by atoms with van der Waals surface area (Å²) in [5.41, 5.74) is 0.688. The Bertz CT molecular complexity index is 587. The summed E-state index contributed by atoms with van der Waals surface area (Å²) in [5.74, 6) is 2.00. The van der Waals surface area contributed by atoms with Gasteiger partial charge in [0.15, 0.2) is 0 Å². The molecule has 2 fully saturated rings. The fourth-order valence-electron chi connectivity index (χ4n) is 4.04. The lowest BCUT2D eigenvalue weighted by Crippen LogP contribution is -2.36. The number of nitrogens with zero attached hydrogens (tertiary/aromatic N) is 1. The number of halogens is 1. The van der Waals surface area contributed by atoms with Crippen LogP contribution in [0.1, 0.15) is 32.1 Å². The highest BCUT2D eigenvalue weighted by atomic mass is 35.5. The van der Waals surface area contributed by atoms with Crippen molar-refractivity contribution in [3.8, 4) is 0 Å². The SMILES string of the molecule is CN(CC(=O)Nc1ccc(Cl)cc1)C(=O)C[C@@H]1C[C@H]2CC[C@@H]1C2. The summed E-state index contributed by atoms with van der Waals surface area (Å²) >= 11 is 5.82. The van der Waals surface area contributed by atoms with Gasteiger partial charge in [-0.15, -0.1) is 0 Å². The van der Waals surface area contributed by atoms with Gasteiger partial charge in [-0.05, 0) is 61.3 Å². The molecule has 0 aliphatic heterocycles. The van der Waals surface area contributed by atoms with E-state index >= 15 is 0 Å². The van der Waals surface area contributed by atoms with Crippen LogP contribution in [-0.2, 0) is 9.59 Å². The van der Waals surface area contributed by atoms with E-state index in [4.69, 9.17) is 11.6 Å². The van der Waals surface area contributed by atoms with Gasteiger partial charge in [0.2, 0.25) is 11.8 Å². The van der Waals surface area contributed by atoms with E-state index in [-0.39, 0.29) is 18.4 Å². The van der Waals surface area contributed by atoms with E-state index in [1.165, 1.54) is 30.6 Å². The number of carbonyl (C=O) groups excluding carboxylic acids is 2. The Balaban J connectivity index is 1.46. The normalized spacial score (nSPS) is 25.4. The Kier molecular flexibility index (Phi) is 4.90. The van der Waals surface area contributed by atoms with Crippen LogP contribution in [0.4, 0.5) is 5.69 Å². The van der Waals surface area contributed by atoms with Gasteiger partial charge in [0.05, 0.1) is 6.54 Å². The van der Waals surface area contributed by atoms with Crippen LogP contribution in [-0.4, -0.2) is 30.3 Å². The number of rotatable bonds is 5. The van der Waals surface area contributed by atoms with Gasteiger partial charge in [-0.3, -0.25) is 9.59 Å². The monoisotopic (exact) mass is 334 g/mol. The first-order valence-corrected chi connectivity index (χ1v) is 8.68. The molecule has 2 saturated carbocycles. The molecule has 124 valence electrons. The minimum absolute atomic E-state index is 0.0776. The van der Waals surface area contributed by atoms with Gasteiger partial charge in [-0.1, -0.05) is 18.0 Å². The maximum atomic E-state index is 12.3. The van der Waals surface area contributed by atoms with Crippen molar-refractivity contribution in [2.24, 2.45) is 17.8 Å². The molecule has 1 aromatic carbocycles. The third-order valence-electron chi connectivity index (χ3n) is 5.26. The minimum Gasteiger partial charge on any atom is -0.336 e. The molecule has 2 aliphatic rings. The van der Waals surface area contributed by atoms with Crippen LogP contribution in [0.15, 0.2) is 24.3 Å². The quantitative estimate of drug-likeness (QED) is 0.895. The van der Waals surface area contributed by atoms with Crippen LogP contribution in [0.3, 0.4) is 0 Å². The smallest absolute Gasteiger partial charge is 0.243 e. The van der Waals surface area contributed by atoms with Gasteiger partial charge in [0, 0.05) is 24.2 Å². The Morgan fingerprint density at radius 2 is 1.96 bits per heavy atom. The van der Waals surface area contributed by atoms with Crippen molar-refractivity contribution < 1.29 is 9.59 Å². The number of anilines is 1. The van der Waals surface area contributed by atoms with Gasteiger partial charge < -0.3 is 10.2 Å². The second-order valence-electron chi connectivity index (χ2n) is 6.94. The first kappa shape index (κ1) is 16.3. The number of fused-ring (bicyclic) bond motifs is 2. The molecular weight excluding hydrogens is 312 g/mol. The summed E-state index contributed by atoms with van der Waals surface area (Å²) in [6, 6.07) is 6.94. The maximum absolute atomic E-state index is 12.3. The summed E-state index contributed by atoms with van der Waals surface area (Å²) in [6.07, 6.45) is 5.71. The molecule has 5 heteroatoms. The summed E-state index contributed by atoms with van der Waals surface area (Å²) in [6.45, 7) is 0.0856. The number of hydrogen-bond donors (Lipinski definition) is 1. The number of nitrogens with one attached hydrogen (secondary N) is 1. The maximum Gasteiger partial charge on any atom is 0.243 e.